The number of aryl methyl sites for hydroxylation is 1. The number of nitrogens with zero attached hydrogens (tertiary/aromatic N) is 1. The molecule has 1 N–H and O–H groups in total. The monoisotopic (exact) mass is 454 g/mol. The summed E-state index contributed by atoms with van der Waals surface area (Å²) in [5, 5.41) is 3.09. The zero-order valence-electron chi connectivity index (χ0n) is 18.4. The van der Waals surface area contributed by atoms with Crippen molar-refractivity contribution in [1.82, 2.24) is 9.62 Å². The number of carbonyl (C=O) groups excluding carboxylic acids is 1. The van der Waals surface area contributed by atoms with Gasteiger partial charge in [0, 0.05) is 19.2 Å². The van der Waals surface area contributed by atoms with E-state index in [4.69, 9.17) is 4.74 Å². The first-order valence-electron chi connectivity index (χ1n) is 11.2. The molecule has 2 aromatic carbocycles. The Balaban J connectivity index is 1.51. The summed E-state index contributed by atoms with van der Waals surface area (Å²) in [4.78, 5) is 12.7. The van der Waals surface area contributed by atoms with Crippen molar-refractivity contribution in [2.45, 2.75) is 49.5 Å². The molecule has 32 heavy (non-hydrogen) atoms. The molecule has 1 saturated heterocycles. The Morgan fingerprint density at radius 1 is 1.09 bits per heavy atom. The number of ether oxygens (including phenoxy) is 1. The first kappa shape index (κ1) is 22.6. The maximum absolute atomic E-state index is 13.2. The maximum Gasteiger partial charge on any atom is 0.246 e. The highest BCUT2D eigenvalue weighted by Gasteiger charge is 2.29. The van der Waals surface area contributed by atoms with Crippen LogP contribution in [0, 0.1) is 0 Å². The lowest BCUT2D eigenvalue weighted by atomic mass is 9.88. The Hall–Kier alpha value is -2.64. The standard InChI is InChI=1S/C25H30N2O4S/c1-31-23-14-12-19(18-24(23)32(29,30)27-16-5-2-6-17-27)13-15-25(28)26-22-11-7-9-20-8-3-4-10-21(20)22/h3-4,8,10,12-15,18,22H,2,5-7,9,11,16-17H2,1H3,(H,26,28). The van der Waals surface area contributed by atoms with E-state index in [-0.39, 0.29) is 16.8 Å². The summed E-state index contributed by atoms with van der Waals surface area (Å²) in [7, 11) is -2.18. The van der Waals surface area contributed by atoms with Crippen LogP contribution in [0.5, 0.6) is 5.75 Å². The number of methoxy groups -OCH3 is 1. The number of fused-ring (bicyclic) bond motifs is 1. The topological polar surface area (TPSA) is 75.7 Å². The van der Waals surface area contributed by atoms with Crippen molar-refractivity contribution in [1.29, 1.82) is 0 Å². The van der Waals surface area contributed by atoms with Crippen molar-refractivity contribution in [3.05, 3.63) is 65.2 Å². The molecule has 1 amide bonds. The Morgan fingerprint density at radius 3 is 2.66 bits per heavy atom. The van der Waals surface area contributed by atoms with Gasteiger partial charge in [0.1, 0.15) is 10.6 Å². The molecule has 1 aliphatic carbocycles. The fraction of sp³-hybridized carbons (Fsp3) is 0.400. The third-order valence-corrected chi connectivity index (χ3v) is 8.15. The molecule has 1 aliphatic heterocycles. The minimum atomic E-state index is -3.65. The van der Waals surface area contributed by atoms with E-state index in [9.17, 15) is 13.2 Å². The molecule has 2 aliphatic rings. The van der Waals surface area contributed by atoms with E-state index in [1.54, 1.807) is 24.3 Å². The van der Waals surface area contributed by atoms with Gasteiger partial charge in [-0.2, -0.15) is 4.31 Å². The number of rotatable bonds is 6. The molecule has 1 atom stereocenters. The highest BCUT2D eigenvalue weighted by atomic mass is 32.2. The van der Waals surface area contributed by atoms with Crippen LogP contribution in [0.15, 0.2) is 53.4 Å². The van der Waals surface area contributed by atoms with Crippen molar-refractivity contribution in [2.75, 3.05) is 20.2 Å². The van der Waals surface area contributed by atoms with Crippen molar-refractivity contribution in [3.63, 3.8) is 0 Å². The molecule has 0 radical (unpaired) electrons. The summed E-state index contributed by atoms with van der Waals surface area (Å²) in [6.07, 6.45) is 8.90. The molecule has 1 heterocycles. The van der Waals surface area contributed by atoms with Crippen LogP contribution in [0.1, 0.15) is 54.8 Å². The molecule has 1 unspecified atom stereocenters. The number of piperidine rings is 1. The van der Waals surface area contributed by atoms with Gasteiger partial charge >= 0.3 is 0 Å². The van der Waals surface area contributed by atoms with E-state index in [0.29, 0.717) is 24.4 Å². The highest BCUT2D eigenvalue weighted by Crippen LogP contribution is 2.31. The zero-order valence-corrected chi connectivity index (χ0v) is 19.2. The zero-order chi connectivity index (χ0) is 22.6. The Bertz CT molecular complexity index is 1100. The van der Waals surface area contributed by atoms with Gasteiger partial charge in [0.05, 0.1) is 13.2 Å². The largest absolute Gasteiger partial charge is 0.495 e. The second-order valence-corrected chi connectivity index (χ2v) is 10.3. The fourth-order valence-electron chi connectivity index (χ4n) is 4.54. The van der Waals surface area contributed by atoms with Gasteiger partial charge in [0.2, 0.25) is 15.9 Å². The molecular formula is C25H30N2O4S. The van der Waals surface area contributed by atoms with Crippen LogP contribution in [0.3, 0.4) is 0 Å². The summed E-state index contributed by atoms with van der Waals surface area (Å²) < 4.78 is 33.2. The van der Waals surface area contributed by atoms with Crippen LogP contribution in [0.2, 0.25) is 0 Å². The Morgan fingerprint density at radius 2 is 1.88 bits per heavy atom. The number of benzene rings is 2. The SMILES string of the molecule is COc1ccc(C=CC(=O)NC2CCCc3ccccc32)cc1S(=O)(=O)N1CCCCC1. The number of amides is 1. The molecule has 0 spiro atoms. The van der Waals surface area contributed by atoms with Crippen LogP contribution in [-0.4, -0.2) is 38.8 Å². The normalized spacial score (nSPS) is 19.5. The van der Waals surface area contributed by atoms with Crippen LogP contribution < -0.4 is 10.1 Å². The average Bonchev–Trinajstić information content (AvgIpc) is 2.83. The summed E-state index contributed by atoms with van der Waals surface area (Å²) in [6, 6.07) is 13.2. The molecule has 2 aromatic rings. The van der Waals surface area contributed by atoms with Crippen LogP contribution >= 0.6 is 0 Å². The van der Waals surface area contributed by atoms with E-state index >= 15 is 0 Å². The molecular weight excluding hydrogens is 424 g/mol. The lowest BCUT2D eigenvalue weighted by Gasteiger charge is -2.26. The van der Waals surface area contributed by atoms with E-state index in [2.05, 4.69) is 17.4 Å². The minimum Gasteiger partial charge on any atom is -0.495 e. The second-order valence-electron chi connectivity index (χ2n) is 8.36. The van der Waals surface area contributed by atoms with E-state index < -0.39 is 10.0 Å². The summed E-state index contributed by atoms with van der Waals surface area (Å²) in [5.41, 5.74) is 3.11. The van der Waals surface area contributed by atoms with E-state index in [0.717, 1.165) is 38.5 Å². The van der Waals surface area contributed by atoms with Gasteiger partial charge in [-0.3, -0.25) is 4.79 Å². The molecule has 1 fully saturated rings. The van der Waals surface area contributed by atoms with Gasteiger partial charge in [-0.15, -0.1) is 0 Å². The van der Waals surface area contributed by atoms with Crippen LogP contribution in [0.25, 0.3) is 6.08 Å². The van der Waals surface area contributed by atoms with Crippen molar-refractivity contribution in [2.24, 2.45) is 0 Å². The van der Waals surface area contributed by atoms with Crippen LogP contribution in [0.4, 0.5) is 0 Å². The quantitative estimate of drug-likeness (QED) is 0.668. The Kier molecular flexibility index (Phi) is 6.96. The van der Waals surface area contributed by atoms with Crippen molar-refractivity contribution >= 4 is 22.0 Å². The third-order valence-electron chi connectivity index (χ3n) is 6.23. The third kappa shape index (κ3) is 4.89. The number of hydrogen-bond acceptors (Lipinski definition) is 4. The predicted molar refractivity (Wildman–Crippen MR) is 125 cm³/mol. The molecule has 0 saturated carbocycles. The van der Waals surface area contributed by atoms with Crippen LogP contribution in [-0.2, 0) is 21.2 Å². The van der Waals surface area contributed by atoms with Crippen molar-refractivity contribution in [3.8, 4) is 5.75 Å². The predicted octanol–water partition coefficient (Wildman–Crippen LogP) is 4.08. The summed E-state index contributed by atoms with van der Waals surface area (Å²) in [6.45, 7) is 1.05. The molecule has 7 heteroatoms. The number of carbonyl (C=O) groups is 1. The number of sulfonamides is 1. The Labute approximate surface area is 190 Å². The van der Waals surface area contributed by atoms with E-state index in [1.165, 1.54) is 28.6 Å². The van der Waals surface area contributed by atoms with Gasteiger partial charge < -0.3 is 10.1 Å². The second kappa shape index (κ2) is 9.88. The van der Waals surface area contributed by atoms with Gasteiger partial charge in [-0.05, 0) is 67.0 Å². The van der Waals surface area contributed by atoms with E-state index in [1.807, 2.05) is 12.1 Å². The molecule has 0 bridgehead atoms. The molecule has 170 valence electrons. The van der Waals surface area contributed by atoms with Gasteiger partial charge in [-0.25, -0.2) is 8.42 Å². The molecule has 6 nitrogen and oxygen atoms in total. The van der Waals surface area contributed by atoms with Crippen molar-refractivity contribution < 1.29 is 17.9 Å². The number of hydrogen-bond donors (Lipinski definition) is 1. The lowest BCUT2D eigenvalue weighted by molar-refractivity contribution is -0.117. The maximum atomic E-state index is 13.2. The van der Waals surface area contributed by atoms with Gasteiger partial charge in [-0.1, -0.05) is 36.8 Å². The highest BCUT2D eigenvalue weighted by molar-refractivity contribution is 7.89. The molecule has 0 aromatic heterocycles. The smallest absolute Gasteiger partial charge is 0.246 e. The summed E-state index contributed by atoms with van der Waals surface area (Å²) in [5.74, 6) is 0.124. The van der Waals surface area contributed by atoms with Gasteiger partial charge in [0.25, 0.3) is 0 Å². The average molecular weight is 455 g/mol. The summed E-state index contributed by atoms with van der Waals surface area (Å²) >= 11 is 0. The minimum absolute atomic E-state index is 0.00278. The number of nitrogens with one attached hydrogen (secondary N) is 1. The first-order valence-corrected chi connectivity index (χ1v) is 12.7. The fourth-order valence-corrected chi connectivity index (χ4v) is 6.25. The lowest BCUT2D eigenvalue weighted by Crippen LogP contribution is -2.35. The molecule has 4 rings (SSSR count). The van der Waals surface area contributed by atoms with Gasteiger partial charge in [0.15, 0.2) is 0 Å². The first-order chi connectivity index (χ1) is 15.5.